The fourth-order valence-corrected chi connectivity index (χ4v) is 3.10. The SMILES string of the molecule is C=CCn1c(=O)c2cnccc2c2ccc(OCCCC(C)C)cc21. The number of fused-ring (bicyclic) bond motifs is 3. The van der Waals surface area contributed by atoms with E-state index in [9.17, 15) is 4.79 Å². The van der Waals surface area contributed by atoms with Crippen molar-refractivity contribution in [2.24, 2.45) is 5.92 Å². The third kappa shape index (κ3) is 3.58. The van der Waals surface area contributed by atoms with Gasteiger partial charge in [0, 0.05) is 30.4 Å². The molecule has 2 aromatic heterocycles. The summed E-state index contributed by atoms with van der Waals surface area (Å²) in [6.45, 7) is 9.34. The number of allylic oxidation sites excluding steroid dienone is 1. The van der Waals surface area contributed by atoms with Crippen LogP contribution >= 0.6 is 0 Å². The molecule has 25 heavy (non-hydrogen) atoms. The number of hydrogen-bond acceptors (Lipinski definition) is 3. The molecule has 1 aromatic carbocycles. The maximum absolute atomic E-state index is 12.8. The van der Waals surface area contributed by atoms with E-state index in [0.29, 0.717) is 24.5 Å². The number of aromatic nitrogens is 2. The Morgan fingerprint density at radius 2 is 2.08 bits per heavy atom. The average Bonchev–Trinajstić information content (AvgIpc) is 2.62. The molecule has 0 aliphatic heterocycles. The van der Waals surface area contributed by atoms with Gasteiger partial charge in [0.1, 0.15) is 5.75 Å². The molecule has 3 rings (SSSR count). The Morgan fingerprint density at radius 3 is 2.84 bits per heavy atom. The number of rotatable bonds is 7. The molecule has 0 unspecified atom stereocenters. The Bertz CT molecular complexity index is 957. The predicted molar refractivity (Wildman–Crippen MR) is 103 cm³/mol. The van der Waals surface area contributed by atoms with Gasteiger partial charge in [0.05, 0.1) is 17.5 Å². The van der Waals surface area contributed by atoms with E-state index in [1.165, 1.54) is 0 Å². The lowest BCUT2D eigenvalue weighted by atomic mass is 10.1. The molecule has 0 aliphatic carbocycles. The molecule has 3 aromatic rings. The summed E-state index contributed by atoms with van der Waals surface area (Å²) in [5.74, 6) is 1.47. The summed E-state index contributed by atoms with van der Waals surface area (Å²) in [5.41, 5.74) is 0.817. The number of hydrogen-bond donors (Lipinski definition) is 0. The molecule has 0 radical (unpaired) electrons. The fourth-order valence-electron chi connectivity index (χ4n) is 3.10. The summed E-state index contributed by atoms with van der Waals surface area (Å²) in [6, 6.07) is 7.84. The molecule has 0 N–H and O–H groups in total. The maximum Gasteiger partial charge on any atom is 0.260 e. The molecular formula is C21H24N2O2. The first kappa shape index (κ1) is 17.2. The van der Waals surface area contributed by atoms with Gasteiger partial charge in [-0.15, -0.1) is 6.58 Å². The van der Waals surface area contributed by atoms with Gasteiger partial charge in [0.25, 0.3) is 5.56 Å². The van der Waals surface area contributed by atoms with Crippen LogP contribution in [0.3, 0.4) is 0 Å². The fraction of sp³-hybridized carbons (Fsp3) is 0.333. The van der Waals surface area contributed by atoms with Crippen LogP contribution in [0.25, 0.3) is 21.7 Å². The second-order valence-electron chi connectivity index (χ2n) is 6.69. The Morgan fingerprint density at radius 1 is 1.24 bits per heavy atom. The molecule has 0 saturated heterocycles. The Kier molecular flexibility index (Phi) is 5.17. The summed E-state index contributed by atoms with van der Waals surface area (Å²) in [7, 11) is 0. The van der Waals surface area contributed by atoms with Gasteiger partial charge in [0.2, 0.25) is 0 Å². The first-order valence-electron chi connectivity index (χ1n) is 8.75. The molecule has 0 atom stereocenters. The largest absolute Gasteiger partial charge is 0.494 e. The molecular weight excluding hydrogens is 312 g/mol. The summed E-state index contributed by atoms with van der Waals surface area (Å²) >= 11 is 0. The second kappa shape index (κ2) is 7.51. The van der Waals surface area contributed by atoms with Crippen LogP contribution in [0.4, 0.5) is 0 Å². The number of ether oxygens (including phenoxy) is 1. The van der Waals surface area contributed by atoms with Crippen molar-refractivity contribution in [3.05, 3.63) is 59.7 Å². The quantitative estimate of drug-likeness (QED) is 0.361. The average molecular weight is 336 g/mol. The number of pyridine rings is 2. The van der Waals surface area contributed by atoms with Crippen molar-refractivity contribution in [3.8, 4) is 5.75 Å². The molecule has 0 amide bonds. The van der Waals surface area contributed by atoms with Crippen LogP contribution in [-0.4, -0.2) is 16.2 Å². The van der Waals surface area contributed by atoms with Crippen LogP contribution in [0.5, 0.6) is 5.75 Å². The lowest BCUT2D eigenvalue weighted by Gasteiger charge is -2.13. The minimum absolute atomic E-state index is 0.0487. The summed E-state index contributed by atoms with van der Waals surface area (Å²) in [4.78, 5) is 16.9. The Balaban J connectivity index is 2.05. The molecule has 4 nitrogen and oxygen atoms in total. The van der Waals surface area contributed by atoms with Crippen LogP contribution in [0.15, 0.2) is 54.1 Å². The van der Waals surface area contributed by atoms with Crippen LogP contribution in [0.1, 0.15) is 26.7 Å². The first-order valence-corrected chi connectivity index (χ1v) is 8.75. The predicted octanol–water partition coefficient (Wildman–Crippen LogP) is 4.55. The van der Waals surface area contributed by atoms with Gasteiger partial charge >= 0.3 is 0 Å². The van der Waals surface area contributed by atoms with Gasteiger partial charge in [-0.25, -0.2) is 0 Å². The van der Waals surface area contributed by atoms with E-state index in [1.54, 1.807) is 23.0 Å². The highest BCUT2D eigenvalue weighted by atomic mass is 16.5. The van der Waals surface area contributed by atoms with E-state index in [1.807, 2.05) is 24.3 Å². The third-order valence-corrected chi connectivity index (χ3v) is 4.35. The van der Waals surface area contributed by atoms with Crippen molar-refractivity contribution in [1.82, 2.24) is 9.55 Å². The zero-order chi connectivity index (χ0) is 17.8. The van der Waals surface area contributed by atoms with Gasteiger partial charge in [-0.1, -0.05) is 19.9 Å². The van der Waals surface area contributed by atoms with Crippen molar-refractivity contribution in [1.29, 1.82) is 0 Å². The molecule has 2 heterocycles. The smallest absolute Gasteiger partial charge is 0.260 e. The summed E-state index contributed by atoms with van der Waals surface area (Å²) < 4.78 is 7.63. The molecule has 4 heteroatoms. The van der Waals surface area contributed by atoms with E-state index >= 15 is 0 Å². The lowest BCUT2D eigenvalue weighted by Crippen LogP contribution is -2.20. The van der Waals surface area contributed by atoms with Crippen LogP contribution in [0.2, 0.25) is 0 Å². The molecule has 0 saturated carbocycles. The van der Waals surface area contributed by atoms with Crippen molar-refractivity contribution in [2.45, 2.75) is 33.2 Å². The topological polar surface area (TPSA) is 44.1 Å². The second-order valence-corrected chi connectivity index (χ2v) is 6.69. The molecule has 0 bridgehead atoms. The minimum Gasteiger partial charge on any atom is -0.494 e. The van der Waals surface area contributed by atoms with E-state index in [2.05, 4.69) is 25.4 Å². The van der Waals surface area contributed by atoms with Crippen molar-refractivity contribution < 1.29 is 4.74 Å². The molecule has 0 fully saturated rings. The highest BCUT2D eigenvalue weighted by molar-refractivity contribution is 6.05. The van der Waals surface area contributed by atoms with E-state index in [-0.39, 0.29) is 5.56 Å². The van der Waals surface area contributed by atoms with Gasteiger partial charge in [-0.3, -0.25) is 9.78 Å². The van der Waals surface area contributed by atoms with E-state index in [4.69, 9.17) is 4.74 Å². The normalized spacial score (nSPS) is 11.3. The zero-order valence-corrected chi connectivity index (χ0v) is 14.9. The summed E-state index contributed by atoms with van der Waals surface area (Å²) in [6.07, 6.45) is 7.26. The highest BCUT2D eigenvalue weighted by Gasteiger charge is 2.11. The van der Waals surface area contributed by atoms with E-state index < -0.39 is 0 Å². The van der Waals surface area contributed by atoms with Crippen molar-refractivity contribution >= 4 is 21.7 Å². The van der Waals surface area contributed by atoms with E-state index in [0.717, 1.165) is 34.9 Å². The van der Waals surface area contributed by atoms with Crippen LogP contribution in [0, 0.1) is 5.92 Å². The van der Waals surface area contributed by atoms with Gasteiger partial charge < -0.3 is 9.30 Å². The highest BCUT2D eigenvalue weighted by Crippen LogP contribution is 2.26. The first-order chi connectivity index (χ1) is 12.1. The van der Waals surface area contributed by atoms with Crippen molar-refractivity contribution in [2.75, 3.05) is 6.61 Å². The minimum atomic E-state index is -0.0487. The van der Waals surface area contributed by atoms with Gasteiger partial charge in [0.15, 0.2) is 0 Å². The number of nitrogens with zero attached hydrogens (tertiary/aromatic N) is 2. The van der Waals surface area contributed by atoms with Crippen LogP contribution in [-0.2, 0) is 6.54 Å². The van der Waals surface area contributed by atoms with Crippen LogP contribution < -0.4 is 10.3 Å². The van der Waals surface area contributed by atoms with Gasteiger partial charge in [-0.05, 0) is 42.3 Å². The summed E-state index contributed by atoms with van der Waals surface area (Å²) in [5, 5.41) is 2.57. The monoisotopic (exact) mass is 336 g/mol. The van der Waals surface area contributed by atoms with Gasteiger partial charge in [-0.2, -0.15) is 0 Å². The Hall–Kier alpha value is -2.62. The lowest BCUT2D eigenvalue weighted by molar-refractivity contribution is 0.298. The molecule has 0 spiro atoms. The third-order valence-electron chi connectivity index (χ3n) is 4.35. The van der Waals surface area contributed by atoms with Crippen molar-refractivity contribution in [3.63, 3.8) is 0 Å². The number of benzene rings is 1. The standard InChI is InChI=1S/C21H24N2O2/c1-4-11-23-20-13-16(25-12-5-6-15(2)3)7-8-18(20)17-9-10-22-14-19(17)21(23)24/h4,7-10,13-15H,1,5-6,11-12H2,2-3H3. The molecule has 0 aliphatic rings. The molecule has 130 valence electrons. The Labute approximate surface area is 147 Å². The maximum atomic E-state index is 12.8. The zero-order valence-electron chi connectivity index (χ0n) is 14.9.